The molecule has 0 radical (unpaired) electrons. The molecule has 3 rings (SSSR count). The summed E-state index contributed by atoms with van der Waals surface area (Å²) >= 11 is 5.83. The lowest BCUT2D eigenvalue weighted by atomic mass is 10.1. The number of rotatable bonds is 4. The maximum absolute atomic E-state index is 10.2. The van der Waals surface area contributed by atoms with Crippen LogP contribution in [0.15, 0.2) is 36.8 Å². The normalized spacial score (nSPS) is 12.5. The van der Waals surface area contributed by atoms with Gasteiger partial charge in [-0.05, 0) is 17.7 Å². The fraction of sp³-hybridized carbons (Fsp3) is 0.214. The number of aliphatic hydroxyl groups excluding tert-OH is 1. The van der Waals surface area contributed by atoms with Crippen LogP contribution in [0.4, 0.5) is 5.82 Å². The molecule has 2 heterocycles. The lowest BCUT2D eigenvalue weighted by Gasteiger charge is -2.13. The first-order valence-corrected chi connectivity index (χ1v) is 6.83. The second-order valence-electron chi connectivity index (χ2n) is 4.68. The third kappa shape index (κ3) is 2.81. The number of nitrogens with zero attached hydrogens (tertiary/aromatic N) is 4. The van der Waals surface area contributed by atoms with Crippen molar-refractivity contribution in [3.63, 3.8) is 0 Å². The van der Waals surface area contributed by atoms with Gasteiger partial charge in [0.15, 0.2) is 5.65 Å². The third-order valence-corrected chi connectivity index (χ3v) is 3.50. The van der Waals surface area contributed by atoms with Gasteiger partial charge in [-0.3, -0.25) is 4.68 Å². The van der Waals surface area contributed by atoms with Gasteiger partial charge in [0.1, 0.15) is 12.1 Å². The van der Waals surface area contributed by atoms with Crippen molar-refractivity contribution in [1.82, 2.24) is 19.7 Å². The molecule has 21 heavy (non-hydrogen) atoms. The lowest BCUT2D eigenvalue weighted by Crippen LogP contribution is -2.13. The third-order valence-electron chi connectivity index (χ3n) is 3.25. The van der Waals surface area contributed by atoms with Crippen LogP contribution >= 0.6 is 11.6 Å². The minimum atomic E-state index is -0.649. The number of aliphatic hydroxyl groups is 1. The first-order valence-electron chi connectivity index (χ1n) is 6.45. The number of hydrogen-bond acceptors (Lipinski definition) is 5. The van der Waals surface area contributed by atoms with Crippen molar-refractivity contribution in [2.24, 2.45) is 7.05 Å². The summed E-state index contributed by atoms with van der Waals surface area (Å²) in [6.07, 6.45) is 2.52. The van der Waals surface area contributed by atoms with E-state index in [1.54, 1.807) is 35.1 Å². The fourth-order valence-corrected chi connectivity index (χ4v) is 2.23. The SMILES string of the molecule is Cn1ncc2c(NC[C@@H](O)c3ccc(Cl)cc3)ncnc21. The molecule has 0 bridgehead atoms. The summed E-state index contributed by atoms with van der Waals surface area (Å²) in [5.74, 6) is 0.654. The molecule has 0 unspecified atom stereocenters. The van der Waals surface area contributed by atoms with Crippen molar-refractivity contribution in [3.05, 3.63) is 47.4 Å². The Labute approximate surface area is 126 Å². The highest BCUT2D eigenvalue weighted by Crippen LogP contribution is 2.20. The van der Waals surface area contributed by atoms with E-state index in [4.69, 9.17) is 11.6 Å². The van der Waals surface area contributed by atoms with E-state index in [1.165, 1.54) is 6.33 Å². The summed E-state index contributed by atoms with van der Waals surface area (Å²) in [5.41, 5.74) is 1.54. The highest BCUT2D eigenvalue weighted by Gasteiger charge is 2.11. The Morgan fingerprint density at radius 1 is 1.29 bits per heavy atom. The molecule has 0 fully saturated rings. The lowest BCUT2D eigenvalue weighted by molar-refractivity contribution is 0.191. The molecule has 0 aliphatic carbocycles. The van der Waals surface area contributed by atoms with Crippen molar-refractivity contribution < 1.29 is 5.11 Å². The quantitative estimate of drug-likeness (QED) is 0.772. The molecule has 6 nitrogen and oxygen atoms in total. The zero-order valence-corrected chi connectivity index (χ0v) is 12.1. The van der Waals surface area contributed by atoms with Crippen LogP contribution < -0.4 is 5.32 Å². The Morgan fingerprint density at radius 2 is 2.05 bits per heavy atom. The topological polar surface area (TPSA) is 75.9 Å². The van der Waals surface area contributed by atoms with Crippen LogP contribution in [0.1, 0.15) is 11.7 Å². The Morgan fingerprint density at radius 3 is 2.81 bits per heavy atom. The van der Waals surface area contributed by atoms with Gasteiger partial charge >= 0.3 is 0 Å². The van der Waals surface area contributed by atoms with Gasteiger partial charge in [-0.25, -0.2) is 9.97 Å². The minimum Gasteiger partial charge on any atom is -0.387 e. The minimum absolute atomic E-state index is 0.336. The number of hydrogen-bond donors (Lipinski definition) is 2. The average molecular weight is 304 g/mol. The van der Waals surface area contributed by atoms with E-state index < -0.39 is 6.10 Å². The van der Waals surface area contributed by atoms with E-state index in [9.17, 15) is 5.11 Å². The fourth-order valence-electron chi connectivity index (χ4n) is 2.10. The molecule has 2 aromatic heterocycles. The smallest absolute Gasteiger partial charge is 0.163 e. The van der Waals surface area contributed by atoms with E-state index in [0.717, 1.165) is 16.6 Å². The second kappa shape index (κ2) is 5.67. The molecule has 1 atom stereocenters. The maximum Gasteiger partial charge on any atom is 0.163 e. The predicted octanol–water partition coefficient (Wildman–Crippen LogP) is 2.16. The van der Waals surface area contributed by atoms with Crippen LogP contribution in [0.3, 0.4) is 0 Å². The molecule has 2 N–H and O–H groups in total. The number of aryl methyl sites for hydroxylation is 1. The van der Waals surface area contributed by atoms with Crippen LogP contribution in [0.5, 0.6) is 0 Å². The Hall–Kier alpha value is -2.18. The van der Waals surface area contributed by atoms with Gasteiger partial charge < -0.3 is 10.4 Å². The monoisotopic (exact) mass is 303 g/mol. The first-order chi connectivity index (χ1) is 10.1. The number of nitrogens with one attached hydrogen (secondary N) is 1. The summed E-state index contributed by atoms with van der Waals surface area (Å²) in [4.78, 5) is 8.36. The van der Waals surface area contributed by atoms with Crippen LogP contribution in [0, 0.1) is 0 Å². The van der Waals surface area contributed by atoms with Gasteiger partial charge in [0, 0.05) is 18.6 Å². The van der Waals surface area contributed by atoms with Gasteiger partial charge in [0.05, 0.1) is 17.7 Å². The van der Waals surface area contributed by atoms with Gasteiger partial charge in [0.25, 0.3) is 0 Å². The van der Waals surface area contributed by atoms with E-state index in [1.807, 2.05) is 7.05 Å². The zero-order chi connectivity index (χ0) is 14.8. The van der Waals surface area contributed by atoms with E-state index in [2.05, 4.69) is 20.4 Å². The predicted molar refractivity (Wildman–Crippen MR) is 81.2 cm³/mol. The Balaban J connectivity index is 1.75. The molecular weight excluding hydrogens is 290 g/mol. The number of benzene rings is 1. The van der Waals surface area contributed by atoms with Crippen LogP contribution in [0.25, 0.3) is 11.0 Å². The average Bonchev–Trinajstić information content (AvgIpc) is 2.88. The first kappa shape index (κ1) is 13.8. The number of aromatic nitrogens is 4. The maximum atomic E-state index is 10.2. The highest BCUT2D eigenvalue weighted by molar-refractivity contribution is 6.30. The molecule has 3 aromatic rings. The highest BCUT2D eigenvalue weighted by atomic mass is 35.5. The number of halogens is 1. The summed E-state index contributed by atoms with van der Waals surface area (Å²) in [6.45, 7) is 0.336. The summed E-state index contributed by atoms with van der Waals surface area (Å²) in [7, 11) is 1.82. The number of anilines is 1. The summed E-state index contributed by atoms with van der Waals surface area (Å²) in [6, 6.07) is 7.11. The largest absolute Gasteiger partial charge is 0.387 e. The molecule has 1 aromatic carbocycles. The molecule has 0 saturated carbocycles. The number of fused-ring (bicyclic) bond motifs is 1. The Bertz CT molecular complexity index is 756. The standard InChI is InChI=1S/C14H14ClN5O/c1-20-14-11(6-19-20)13(17-8-18-14)16-7-12(21)9-2-4-10(15)5-3-9/h2-6,8,12,21H,7H2,1H3,(H,16,17,18)/t12-/m1/s1. The summed E-state index contributed by atoms with van der Waals surface area (Å²) < 4.78 is 1.68. The van der Waals surface area contributed by atoms with Gasteiger partial charge in [0.2, 0.25) is 0 Å². The summed E-state index contributed by atoms with van der Waals surface area (Å²) in [5, 5.41) is 18.9. The van der Waals surface area contributed by atoms with Crippen molar-refractivity contribution in [2.75, 3.05) is 11.9 Å². The van der Waals surface area contributed by atoms with E-state index >= 15 is 0 Å². The van der Waals surface area contributed by atoms with Crippen molar-refractivity contribution in [2.45, 2.75) is 6.10 Å². The van der Waals surface area contributed by atoms with Crippen molar-refractivity contribution in [3.8, 4) is 0 Å². The van der Waals surface area contributed by atoms with Gasteiger partial charge in [-0.2, -0.15) is 5.10 Å². The molecule has 0 spiro atoms. The zero-order valence-electron chi connectivity index (χ0n) is 11.4. The molecule has 7 heteroatoms. The molecule has 0 aliphatic heterocycles. The van der Waals surface area contributed by atoms with Crippen LogP contribution in [-0.2, 0) is 7.05 Å². The molecule has 108 valence electrons. The van der Waals surface area contributed by atoms with Crippen molar-refractivity contribution >= 4 is 28.5 Å². The molecule has 0 aliphatic rings. The molecule has 0 saturated heterocycles. The van der Waals surface area contributed by atoms with E-state index in [0.29, 0.717) is 17.4 Å². The van der Waals surface area contributed by atoms with Crippen LogP contribution in [0.2, 0.25) is 5.02 Å². The van der Waals surface area contributed by atoms with Gasteiger partial charge in [-0.1, -0.05) is 23.7 Å². The molecular formula is C14H14ClN5O. The van der Waals surface area contributed by atoms with Crippen molar-refractivity contribution in [1.29, 1.82) is 0 Å². The second-order valence-corrected chi connectivity index (χ2v) is 5.11. The Kier molecular flexibility index (Phi) is 3.72. The van der Waals surface area contributed by atoms with Crippen LogP contribution in [-0.4, -0.2) is 31.4 Å². The molecule has 0 amide bonds. The van der Waals surface area contributed by atoms with Gasteiger partial charge in [-0.15, -0.1) is 0 Å². The van der Waals surface area contributed by atoms with E-state index in [-0.39, 0.29) is 0 Å².